The number of rotatable bonds is 15. The second kappa shape index (κ2) is 45.6. The van der Waals surface area contributed by atoms with Crippen LogP contribution in [0.5, 0.6) is 0 Å². The van der Waals surface area contributed by atoms with Crippen LogP contribution in [0, 0.1) is 39.3 Å². The maximum Gasteiger partial charge on any atom is 1.00 e. The molecule has 106 heavy (non-hydrogen) atoms. The van der Waals surface area contributed by atoms with E-state index < -0.39 is 78.7 Å². The van der Waals surface area contributed by atoms with Gasteiger partial charge >= 0.3 is 139 Å². The summed E-state index contributed by atoms with van der Waals surface area (Å²) in [7, 11) is -1.00. The zero-order valence-electron chi connectivity index (χ0n) is 61.6. The second-order valence-corrected chi connectivity index (χ2v) is 23.3. The van der Waals surface area contributed by atoms with Gasteiger partial charge in [0.1, 0.15) is 34.6 Å². The van der Waals surface area contributed by atoms with E-state index in [0.717, 1.165) is 81.2 Å². The number of Topliss-reactive ketones (excluding diaryl/α,β-unsaturated/α-hetero) is 1. The molecule has 0 bridgehead atoms. The third-order valence-corrected chi connectivity index (χ3v) is 15.8. The number of halogens is 16. The molecule has 8 aromatic rings. The molecule has 0 fully saturated rings. The van der Waals surface area contributed by atoms with Crippen LogP contribution < -0.4 is 118 Å². The van der Waals surface area contributed by atoms with Crippen LogP contribution in [0.1, 0.15) is 158 Å². The molecule has 3 N–H and O–H groups in total. The van der Waals surface area contributed by atoms with Gasteiger partial charge in [0.05, 0.1) is 61.7 Å². The van der Waals surface area contributed by atoms with Crippen LogP contribution in [0.2, 0.25) is 0 Å². The van der Waals surface area contributed by atoms with Crippen molar-refractivity contribution in [2.75, 3.05) is 37.1 Å². The SMILES string of the molecule is CCC(C(=O)N1CCCc2c1cnn2-c1ccc(F)cc1)n1nc(C(F)(F)F)cc1C.CCC(C(=O)O)n1nc(C(F)(F)F)cc1C.CCC(C(C)=O)n1nc(C(F)(F)F)cc1C.CCOC(=O)C(Br)CC.Cc1cc(C(F)(F)F)n[nH]1.Fc1ccc(-n2ncc3c2CCCN3)cc1.O=CO[O-].[2H]CF.[H-].[K+].[K+]. The van der Waals surface area contributed by atoms with Crippen molar-refractivity contribution in [3.05, 3.63) is 154 Å². The molecular weight excluding hydrogens is 1560 g/mol. The topological polar surface area (TPSA) is 280 Å². The number of carboxylic acid groups (broad SMARTS) is 1. The summed E-state index contributed by atoms with van der Waals surface area (Å²) >= 11 is 3.17. The van der Waals surface area contributed by atoms with E-state index in [9.17, 15) is 85.0 Å². The fraction of sp³-hybridized carbons (Fsp3) is 0.462. The fourth-order valence-electron chi connectivity index (χ4n) is 9.93. The molecule has 10 rings (SSSR count). The summed E-state index contributed by atoms with van der Waals surface area (Å²) in [5, 5.41) is 44.9. The molecule has 23 nitrogen and oxygen atoms in total. The van der Waals surface area contributed by atoms with Crippen LogP contribution in [-0.2, 0) is 71.1 Å². The van der Waals surface area contributed by atoms with E-state index in [4.69, 9.17) is 21.3 Å². The average Bonchev–Trinajstić information content (AvgIpc) is 1.55. The quantitative estimate of drug-likeness (QED) is 0.0165. The summed E-state index contributed by atoms with van der Waals surface area (Å²) in [5.74, 6) is -2.46. The predicted molar refractivity (Wildman–Crippen MR) is 350 cm³/mol. The predicted octanol–water partition coefficient (Wildman–Crippen LogP) is 8.43. The number of nitrogens with zero attached hydrogens (tertiary/aromatic N) is 12. The normalized spacial score (nSPS) is 13.3. The Morgan fingerprint density at radius 3 is 1.41 bits per heavy atom. The molecule has 2 aromatic carbocycles. The average molecular weight is 1640 g/mol. The molecule has 576 valence electrons. The van der Waals surface area contributed by atoms with E-state index in [1.165, 1.54) is 64.6 Å². The van der Waals surface area contributed by atoms with Crippen molar-refractivity contribution in [3.63, 3.8) is 0 Å². The third kappa shape index (κ3) is 28.9. The number of H-pyrrole nitrogens is 1. The van der Waals surface area contributed by atoms with E-state index >= 15 is 0 Å². The summed E-state index contributed by atoms with van der Waals surface area (Å²) in [5.41, 5.74) is 2.56. The molecule has 0 aliphatic carbocycles. The number of nitrogens with one attached hydrogen (secondary N) is 2. The van der Waals surface area contributed by atoms with Gasteiger partial charge in [-0.05, 0) is 166 Å². The summed E-state index contributed by atoms with van der Waals surface area (Å²) in [6.07, 6.45) is -9.38. The van der Waals surface area contributed by atoms with Gasteiger partial charge in [-0.2, -0.15) is 83.3 Å². The molecule has 4 atom stereocenters. The van der Waals surface area contributed by atoms with E-state index in [1.807, 2.05) is 17.8 Å². The maximum absolute atomic E-state index is 13.4. The van der Waals surface area contributed by atoms with E-state index in [-0.39, 0.29) is 169 Å². The molecule has 0 saturated heterocycles. The van der Waals surface area contributed by atoms with Gasteiger partial charge in [0.25, 0.3) is 12.4 Å². The number of aromatic amines is 1. The summed E-state index contributed by atoms with van der Waals surface area (Å²) in [6.45, 7) is 17.8. The second-order valence-electron chi connectivity index (χ2n) is 22.2. The molecule has 41 heteroatoms. The molecule has 4 unspecified atom stereocenters. The zero-order chi connectivity index (χ0) is 79.5. The number of carbonyl (C=O) groups excluding carboxylic acids is 4. The summed E-state index contributed by atoms with van der Waals surface area (Å²) in [4.78, 5) is 58.8. The number of aliphatic carboxylic acids is 1. The summed E-state index contributed by atoms with van der Waals surface area (Å²) in [6, 6.07) is 13.4. The largest absolute Gasteiger partial charge is 1.00 e. The minimum absolute atomic E-state index is 0. The fourth-order valence-corrected chi connectivity index (χ4v) is 10.1. The molecule has 1 amide bonds. The van der Waals surface area contributed by atoms with E-state index in [0.29, 0.717) is 55.2 Å². The minimum atomic E-state index is -4.58. The van der Waals surface area contributed by atoms with Crippen molar-refractivity contribution >= 4 is 57.4 Å². The molecule has 0 saturated carbocycles. The van der Waals surface area contributed by atoms with Gasteiger partial charge in [0.15, 0.2) is 28.6 Å². The molecular formula is C65H78BrF15K2N14O9. The van der Waals surface area contributed by atoms with Gasteiger partial charge < -0.3 is 31.6 Å². The number of esters is 1. The molecule has 6 aromatic heterocycles. The van der Waals surface area contributed by atoms with Gasteiger partial charge in [-0.1, -0.05) is 43.6 Å². The number of hydrogen-bond acceptors (Lipinski definition) is 15. The van der Waals surface area contributed by atoms with Crippen molar-refractivity contribution < 1.29 is 215 Å². The van der Waals surface area contributed by atoms with Gasteiger partial charge in [-0.15, -0.1) is 0 Å². The van der Waals surface area contributed by atoms with Crippen LogP contribution >= 0.6 is 15.9 Å². The Morgan fingerprint density at radius 2 is 1.06 bits per heavy atom. The number of ether oxygens (including phenoxy) is 1. The summed E-state index contributed by atoms with van der Waals surface area (Å²) < 4.78 is 202. The van der Waals surface area contributed by atoms with Crippen molar-refractivity contribution in [2.45, 2.75) is 168 Å². The van der Waals surface area contributed by atoms with Crippen LogP contribution in [0.4, 0.5) is 77.2 Å². The van der Waals surface area contributed by atoms with Crippen LogP contribution in [-0.4, -0.2) is 126 Å². The van der Waals surface area contributed by atoms with E-state index in [1.54, 1.807) is 67.7 Å². The minimum Gasteiger partial charge on any atom is -1.00 e. The Balaban J connectivity index is 0.00000130. The molecule has 2 aliphatic heterocycles. The Hall–Kier alpha value is -6.29. The van der Waals surface area contributed by atoms with Gasteiger partial charge in [-0.3, -0.25) is 42.7 Å². The number of fused-ring (bicyclic) bond motifs is 2. The van der Waals surface area contributed by atoms with Crippen LogP contribution in [0.15, 0.2) is 85.2 Å². The molecule has 0 radical (unpaired) electrons. The van der Waals surface area contributed by atoms with Crippen molar-refractivity contribution in [1.82, 2.24) is 59.1 Å². The number of amides is 1. The molecule has 8 heterocycles. The van der Waals surface area contributed by atoms with Gasteiger partial charge in [0, 0.05) is 35.9 Å². The Labute approximate surface area is 695 Å². The van der Waals surface area contributed by atoms with Crippen molar-refractivity contribution in [1.29, 1.82) is 0 Å². The standard InChI is InChI=1S/C21H21F4N5O.C12H12FN3.C10H13F3N2O.C9H11F3N2O2.C6H11BrO2.C5H5F3N2.CH3F.CH2O3.2K.H/c1-3-16(29-13(2)11-19(27-29)21(23,24)25)20(31)28-10-4-5-17-18(28)12-26-30(17)15-8-6-14(22)7-9-15;13-9-3-5-10(6-4-9)16-12-2-1-7-14-11(12)8-15-16;1-4-8(7(3)16)15-6(2)5-9(14-15)10(11,12)13;1-3-6(8(15)16)14-5(2)4-7(13-14)9(10,11)12;1-3-5(7)6(8)9-4-2;1-3-2-4(10-9-3)5(6,7)8;1-2;2-1-4-3;;;/h6-9,11-12,16H,3-5,10H2,1-2H3;3-6,8,14H,1-2,7H2;5,8H,4H2,1-3H3;4,6H,3H2,1-2H3,(H,15,16);5H,3-4H2,1-2H3;2H,1H3,(H,9,10);1H3;1,3H;;;/q;;;;;;;;2*+1;-1/p-1/i;;;;;;1D;;;;. The number of hydrogen-bond donors (Lipinski definition) is 3. The first-order valence-corrected chi connectivity index (χ1v) is 32.4. The third-order valence-electron chi connectivity index (χ3n) is 14.8. The van der Waals surface area contributed by atoms with Gasteiger partial charge in [0.2, 0.25) is 0 Å². The van der Waals surface area contributed by atoms with Gasteiger partial charge in [-0.25, -0.2) is 22.9 Å². The van der Waals surface area contributed by atoms with Crippen molar-refractivity contribution in [2.24, 2.45) is 0 Å². The number of ketones is 1. The number of aryl methyl sites for hydroxylation is 4. The smallest absolute Gasteiger partial charge is 1.00 e. The zero-order valence-corrected chi connectivity index (χ0v) is 67.4. The Kier molecular flexibility index (Phi) is 41.2. The number of alkyl halides is 14. The number of anilines is 2. The number of carboxylic acids is 1. The van der Waals surface area contributed by atoms with Crippen LogP contribution in [0.25, 0.3) is 11.4 Å². The first-order chi connectivity index (χ1) is 49.1. The van der Waals surface area contributed by atoms with Crippen molar-refractivity contribution in [3.8, 4) is 11.4 Å². The Bertz CT molecular complexity index is 3960. The van der Waals surface area contributed by atoms with Crippen LogP contribution in [0.3, 0.4) is 0 Å². The first-order valence-electron chi connectivity index (χ1n) is 32.2. The number of carbonyl (C=O) groups is 5. The number of benzene rings is 2. The monoisotopic (exact) mass is 1640 g/mol. The molecule has 2 aliphatic rings. The first kappa shape index (κ1) is 95.8. The number of aromatic nitrogens is 12. The van der Waals surface area contributed by atoms with E-state index in [2.05, 4.69) is 61.8 Å². The molecule has 0 spiro atoms. The Morgan fingerprint density at radius 1 is 0.651 bits per heavy atom. The maximum atomic E-state index is 13.4.